The highest BCUT2D eigenvalue weighted by Crippen LogP contribution is 2.22. The predicted octanol–water partition coefficient (Wildman–Crippen LogP) is 2.84. The molecule has 0 spiro atoms. The number of hydrogen-bond acceptors (Lipinski definition) is 5. The van der Waals surface area contributed by atoms with Crippen LogP contribution in [0.15, 0.2) is 48.5 Å². The van der Waals surface area contributed by atoms with Crippen LogP contribution >= 0.6 is 23.8 Å². The van der Waals surface area contributed by atoms with Crippen LogP contribution in [-0.4, -0.2) is 30.1 Å². The fourth-order valence-corrected chi connectivity index (χ4v) is 2.36. The van der Waals surface area contributed by atoms with Crippen molar-refractivity contribution in [1.29, 1.82) is 0 Å². The van der Waals surface area contributed by atoms with E-state index in [2.05, 4.69) is 16.2 Å². The fourth-order valence-electron chi connectivity index (χ4n) is 2.02. The first-order valence-electron chi connectivity index (χ1n) is 8.50. The van der Waals surface area contributed by atoms with Gasteiger partial charge in [0.1, 0.15) is 11.5 Å². The van der Waals surface area contributed by atoms with Gasteiger partial charge in [-0.25, -0.2) is 0 Å². The van der Waals surface area contributed by atoms with Gasteiger partial charge in [0.25, 0.3) is 11.8 Å². The number of amides is 2. The number of carbonyl (C=O) groups is 2. The van der Waals surface area contributed by atoms with Crippen LogP contribution in [0, 0.1) is 0 Å². The second-order valence-electron chi connectivity index (χ2n) is 5.55. The molecule has 0 aromatic heterocycles. The van der Waals surface area contributed by atoms with Crippen molar-refractivity contribution in [3.8, 4) is 11.5 Å². The van der Waals surface area contributed by atoms with Crippen LogP contribution in [0.1, 0.15) is 23.7 Å². The molecular weight excluding hydrogens is 402 g/mol. The van der Waals surface area contributed by atoms with Gasteiger partial charge >= 0.3 is 0 Å². The molecular formula is C19H20ClN3O4S. The Morgan fingerprint density at radius 2 is 1.86 bits per heavy atom. The third-order valence-corrected chi connectivity index (χ3v) is 3.82. The maximum atomic E-state index is 12.2. The average molecular weight is 422 g/mol. The molecule has 0 bridgehead atoms. The van der Waals surface area contributed by atoms with E-state index in [9.17, 15) is 9.59 Å². The maximum absolute atomic E-state index is 12.2. The molecule has 0 heterocycles. The SMILES string of the molecule is CCCOc1cccc(C(=O)NC(=S)NNC(=O)COc2ccccc2Cl)c1. The molecule has 0 saturated carbocycles. The summed E-state index contributed by atoms with van der Waals surface area (Å²) in [6, 6.07) is 13.5. The Labute approximate surface area is 173 Å². The topological polar surface area (TPSA) is 88.7 Å². The lowest BCUT2D eigenvalue weighted by Crippen LogP contribution is -2.49. The average Bonchev–Trinajstić information content (AvgIpc) is 2.70. The molecule has 0 atom stereocenters. The Hall–Kier alpha value is -2.84. The minimum absolute atomic E-state index is 0.0593. The zero-order chi connectivity index (χ0) is 20.4. The minimum Gasteiger partial charge on any atom is -0.494 e. The van der Waals surface area contributed by atoms with Crippen LogP contribution in [0.5, 0.6) is 11.5 Å². The molecule has 0 aliphatic rings. The van der Waals surface area contributed by atoms with Crippen LogP contribution in [0.25, 0.3) is 0 Å². The van der Waals surface area contributed by atoms with E-state index in [0.717, 1.165) is 6.42 Å². The van der Waals surface area contributed by atoms with E-state index in [0.29, 0.717) is 28.7 Å². The molecule has 3 N–H and O–H groups in total. The highest BCUT2D eigenvalue weighted by Gasteiger charge is 2.10. The lowest BCUT2D eigenvalue weighted by atomic mass is 10.2. The number of rotatable bonds is 7. The Bertz CT molecular complexity index is 847. The molecule has 0 radical (unpaired) electrons. The summed E-state index contributed by atoms with van der Waals surface area (Å²) in [5, 5.41) is 2.81. The number of hydrazine groups is 1. The van der Waals surface area contributed by atoms with Crippen molar-refractivity contribution in [2.24, 2.45) is 0 Å². The second-order valence-corrected chi connectivity index (χ2v) is 6.37. The van der Waals surface area contributed by atoms with E-state index in [1.54, 1.807) is 48.5 Å². The molecule has 0 fully saturated rings. The summed E-state index contributed by atoms with van der Waals surface area (Å²) < 4.78 is 10.8. The molecule has 0 aliphatic heterocycles. The van der Waals surface area contributed by atoms with E-state index in [1.807, 2.05) is 6.92 Å². The Kier molecular flexibility index (Phi) is 8.51. The van der Waals surface area contributed by atoms with Crippen molar-refractivity contribution in [1.82, 2.24) is 16.2 Å². The van der Waals surface area contributed by atoms with Gasteiger partial charge in [-0.3, -0.25) is 25.8 Å². The van der Waals surface area contributed by atoms with Crippen molar-refractivity contribution >= 4 is 40.7 Å². The number of benzene rings is 2. The van der Waals surface area contributed by atoms with Crippen LogP contribution in [0.3, 0.4) is 0 Å². The van der Waals surface area contributed by atoms with Gasteiger partial charge in [0, 0.05) is 5.56 Å². The van der Waals surface area contributed by atoms with Crippen LogP contribution in [0.2, 0.25) is 5.02 Å². The fraction of sp³-hybridized carbons (Fsp3) is 0.211. The third kappa shape index (κ3) is 7.05. The summed E-state index contributed by atoms with van der Waals surface area (Å²) in [6.07, 6.45) is 0.865. The molecule has 2 amide bonds. The van der Waals surface area contributed by atoms with E-state index in [4.69, 9.17) is 33.3 Å². The minimum atomic E-state index is -0.494. The molecule has 0 saturated heterocycles. The molecule has 9 heteroatoms. The van der Waals surface area contributed by atoms with E-state index < -0.39 is 11.8 Å². The number of thiocarbonyl (C=S) groups is 1. The van der Waals surface area contributed by atoms with Gasteiger partial charge in [0.05, 0.1) is 11.6 Å². The van der Waals surface area contributed by atoms with E-state index in [-0.39, 0.29) is 11.7 Å². The van der Waals surface area contributed by atoms with Crippen LogP contribution in [-0.2, 0) is 4.79 Å². The normalized spacial score (nSPS) is 9.93. The van der Waals surface area contributed by atoms with Gasteiger partial charge < -0.3 is 9.47 Å². The van der Waals surface area contributed by atoms with Crippen molar-refractivity contribution in [3.63, 3.8) is 0 Å². The largest absolute Gasteiger partial charge is 0.494 e. The van der Waals surface area contributed by atoms with Crippen LogP contribution in [0.4, 0.5) is 0 Å². The molecule has 0 unspecified atom stereocenters. The third-order valence-electron chi connectivity index (χ3n) is 3.31. The van der Waals surface area contributed by atoms with E-state index in [1.165, 1.54) is 0 Å². The standard InChI is InChI=1S/C19H20ClN3O4S/c1-2-10-26-14-7-5-6-13(11-14)18(25)21-19(28)23-22-17(24)12-27-16-9-4-3-8-15(16)20/h3-9,11H,2,10,12H2,1H3,(H,22,24)(H2,21,23,25,28). The van der Waals surface area contributed by atoms with Gasteiger partial charge in [0.2, 0.25) is 0 Å². The highest BCUT2D eigenvalue weighted by molar-refractivity contribution is 7.80. The van der Waals surface area contributed by atoms with Gasteiger partial charge in [-0.2, -0.15) is 0 Å². The molecule has 2 aromatic rings. The first-order valence-corrected chi connectivity index (χ1v) is 9.28. The van der Waals surface area contributed by atoms with Crippen LogP contribution < -0.4 is 25.6 Å². The van der Waals surface area contributed by atoms with Gasteiger partial charge in [0.15, 0.2) is 11.7 Å². The summed E-state index contributed by atoms with van der Waals surface area (Å²) in [5.74, 6) is 0.0614. The monoisotopic (exact) mass is 421 g/mol. The lowest BCUT2D eigenvalue weighted by molar-refractivity contribution is -0.123. The van der Waals surface area contributed by atoms with Crippen molar-refractivity contribution in [2.75, 3.05) is 13.2 Å². The second kappa shape index (κ2) is 11.1. The smallest absolute Gasteiger partial charge is 0.276 e. The first kappa shape index (κ1) is 21.5. The van der Waals surface area contributed by atoms with Crippen molar-refractivity contribution in [2.45, 2.75) is 13.3 Å². The molecule has 2 aromatic carbocycles. The Morgan fingerprint density at radius 1 is 1.07 bits per heavy atom. The summed E-state index contributed by atoms with van der Waals surface area (Å²) in [4.78, 5) is 24.0. The predicted molar refractivity (Wildman–Crippen MR) is 111 cm³/mol. The zero-order valence-corrected chi connectivity index (χ0v) is 16.7. The molecule has 148 valence electrons. The maximum Gasteiger partial charge on any atom is 0.276 e. The summed E-state index contributed by atoms with van der Waals surface area (Å²) >= 11 is 10.9. The molecule has 2 rings (SSSR count). The van der Waals surface area contributed by atoms with Crippen molar-refractivity contribution < 1.29 is 19.1 Å². The van der Waals surface area contributed by atoms with Gasteiger partial charge in [-0.15, -0.1) is 0 Å². The lowest BCUT2D eigenvalue weighted by Gasteiger charge is -2.12. The van der Waals surface area contributed by atoms with E-state index >= 15 is 0 Å². The number of nitrogens with one attached hydrogen (secondary N) is 3. The number of hydrogen-bond donors (Lipinski definition) is 3. The van der Waals surface area contributed by atoms with Gasteiger partial charge in [-0.1, -0.05) is 36.7 Å². The molecule has 28 heavy (non-hydrogen) atoms. The number of halogens is 1. The van der Waals surface area contributed by atoms with Crippen molar-refractivity contribution in [3.05, 3.63) is 59.1 Å². The Morgan fingerprint density at radius 3 is 2.61 bits per heavy atom. The summed E-state index contributed by atoms with van der Waals surface area (Å²) in [7, 11) is 0. The summed E-state index contributed by atoms with van der Waals surface area (Å²) in [5.41, 5.74) is 5.15. The molecule has 7 nitrogen and oxygen atoms in total. The summed E-state index contributed by atoms with van der Waals surface area (Å²) in [6.45, 7) is 2.28. The number of para-hydroxylation sites is 1. The van der Waals surface area contributed by atoms with Gasteiger partial charge in [-0.05, 0) is 49.0 Å². The molecule has 0 aliphatic carbocycles. The Balaban J connectivity index is 1.76. The zero-order valence-electron chi connectivity index (χ0n) is 15.2. The highest BCUT2D eigenvalue weighted by atomic mass is 35.5. The first-order chi connectivity index (χ1) is 13.5. The quantitative estimate of drug-likeness (QED) is 0.470. The number of ether oxygens (including phenoxy) is 2. The number of carbonyl (C=O) groups excluding carboxylic acids is 2.